The van der Waals surface area contributed by atoms with Crippen molar-refractivity contribution in [1.82, 2.24) is 4.98 Å². The molecule has 0 aliphatic rings. The third-order valence-electron chi connectivity index (χ3n) is 5.01. The van der Waals surface area contributed by atoms with E-state index in [0.717, 1.165) is 51.8 Å². The molecule has 1 aromatic carbocycles. The molecule has 0 aliphatic heterocycles. The van der Waals surface area contributed by atoms with Crippen LogP contribution >= 0.6 is 0 Å². The largest absolute Gasteiger partial charge is 0.462 e. The fourth-order valence-electron chi connectivity index (χ4n) is 3.62. The summed E-state index contributed by atoms with van der Waals surface area (Å²) in [5.74, 6) is -3.60. The van der Waals surface area contributed by atoms with Crippen LogP contribution in [0.5, 0.6) is 0 Å². The minimum Gasteiger partial charge on any atom is -0.462 e. The van der Waals surface area contributed by atoms with Gasteiger partial charge in [0.15, 0.2) is 24.4 Å². The molecule has 0 fully saturated rings. The van der Waals surface area contributed by atoms with Gasteiger partial charge in [0.25, 0.3) is 0 Å². The van der Waals surface area contributed by atoms with Crippen LogP contribution in [0.15, 0.2) is 35.4 Å². The van der Waals surface area contributed by atoms with Gasteiger partial charge in [0.2, 0.25) is 0 Å². The van der Waals surface area contributed by atoms with Crippen molar-refractivity contribution in [2.24, 2.45) is 5.10 Å². The van der Waals surface area contributed by atoms with Crippen LogP contribution in [-0.2, 0) is 47.7 Å². The monoisotopic (exact) mass is 545 g/mol. The number of nitrogens with zero attached hydrogens (tertiary/aromatic N) is 2. The number of aromatic nitrogens is 1. The van der Waals surface area contributed by atoms with Crippen molar-refractivity contribution in [3.05, 3.63) is 35.9 Å². The van der Waals surface area contributed by atoms with E-state index in [1.165, 1.54) is 0 Å². The summed E-state index contributed by atoms with van der Waals surface area (Å²) in [6, 6.07) is 9.24. The number of anilines is 1. The average molecular weight is 546 g/mol. The van der Waals surface area contributed by atoms with Crippen LogP contribution < -0.4 is 5.43 Å². The molecule has 13 nitrogen and oxygen atoms in total. The second-order valence-electron chi connectivity index (χ2n) is 8.40. The Balaban J connectivity index is 2.47. The maximum absolute atomic E-state index is 12.0. The molecule has 1 aromatic heterocycles. The molecule has 210 valence electrons. The number of hydrazone groups is 1. The molecule has 0 amide bonds. The summed E-state index contributed by atoms with van der Waals surface area (Å²) in [7, 11) is 0. The lowest BCUT2D eigenvalue weighted by atomic mass is 10.0. The van der Waals surface area contributed by atoms with Crippen LogP contribution in [0.1, 0.15) is 40.2 Å². The number of benzene rings is 1. The summed E-state index contributed by atoms with van der Waals surface area (Å²) in [4.78, 5) is 63.7. The summed E-state index contributed by atoms with van der Waals surface area (Å²) in [5.41, 5.74) is 4.38. The van der Waals surface area contributed by atoms with Crippen LogP contribution in [0.3, 0.4) is 0 Å². The average Bonchev–Trinajstić information content (AvgIpc) is 2.82. The lowest BCUT2D eigenvalue weighted by Crippen LogP contribution is -2.53. The number of esters is 5. The molecule has 13 heteroatoms. The summed E-state index contributed by atoms with van der Waals surface area (Å²) in [5, 5.41) is 5.04. The Hall–Kier alpha value is -4.55. The number of fused-ring (bicyclic) bond motifs is 1. The zero-order valence-corrected chi connectivity index (χ0v) is 22.5. The minimum atomic E-state index is -1.56. The van der Waals surface area contributed by atoms with E-state index in [2.05, 4.69) is 15.5 Å². The Kier molecular flexibility index (Phi) is 11.3. The SMILES string of the molecule is CC(=O)OCC(OC(C)=O)C(OC(C)=O)C(OC(C)=O)C(C=NNc1cc(C)c2ccccc2n1)OC(C)=O. The Morgan fingerprint density at radius 3 is 2.03 bits per heavy atom. The van der Waals surface area contributed by atoms with Gasteiger partial charge in [0.1, 0.15) is 12.4 Å². The van der Waals surface area contributed by atoms with Crippen molar-refractivity contribution >= 4 is 52.8 Å². The van der Waals surface area contributed by atoms with Gasteiger partial charge in [0.05, 0.1) is 11.7 Å². The molecule has 39 heavy (non-hydrogen) atoms. The van der Waals surface area contributed by atoms with E-state index < -0.39 is 60.9 Å². The van der Waals surface area contributed by atoms with Crippen LogP contribution in [-0.4, -0.2) is 72.1 Å². The van der Waals surface area contributed by atoms with E-state index >= 15 is 0 Å². The van der Waals surface area contributed by atoms with Gasteiger partial charge in [-0.2, -0.15) is 5.10 Å². The smallest absolute Gasteiger partial charge is 0.303 e. The first-order chi connectivity index (χ1) is 18.4. The number of pyridine rings is 1. The van der Waals surface area contributed by atoms with Gasteiger partial charge >= 0.3 is 29.8 Å². The molecule has 2 aromatic rings. The normalized spacial score (nSPS) is 14.0. The number of carbonyl (C=O) groups excluding carboxylic acids is 5. The van der Waals surface area contributed by atoms with Crippen molar-refractivity contribution in [3.63, 3.8) is 0 Å². The maximum atomic E-state index is 12.0. The van der Waals surface area contributed by atoms with Crippen molar-refractivity contribution in [3.8, 4) is 0 Å². The molecule has 4 unspecified atom stereocenters. The van der Waals surface area contributed by atoms with Crippen LogP contribution in [0.4, 0.5) is 5.82 Å². The van der Waals surface area contributed by atoms with Crippen LogP contribution in [0, 0.1) is 6.92 Å². The molecule has 0 bridgehead atoms. The van der Waals surface area contributed by atoms with E-state index in [9.17, 15) is 24.0 Å². The Morgan fingerprint density at radius 2 is 1.44 bits per heavy atom. The summed E-state index contributed by atoms with van der Waals surface area (Å²) in [6.45, 7) is 6.81. The molecule has 1 heterocycles. The molecule has 1 N–H and O–H groups in total. The summed E-state index contributed by atoms with van der Waals surface area (Å²) < 4.78 is 26.2. The number of nitrogens with one attached hydrogen (secondary N) is 1. The van der Waals surface area contributed by atoms with E-state index in [1.807, 2.05) is 31.2 Å². The van der Waals surface area contributed by atoms with Crippen molar-refractivity contribution in [2.75, 3.05) is 12.0 Å². The first-order valence-electron chi connectivity index (χ1n) is 11.8. The molecule has 4 atom stereocenters. The number of aryl methyl sites for hydroxylation is 1. The van der Waals surface area contributed by atoms with Gasteiger partial charge in [-0.15, -0.1) is 0 Å². The molecule has 0 spiro atoms. The van der Waals surface area contributed by atoms with Crippen LogP contribution in [0.2, 0.25) is 0 Å². The highest BCUT2D eigenvalue weighted by Gasteiger charge is 2.43. The minimum absolute atomic E-state index is 0.372. The Bertz CT molecular complexity index is 1250. The lowest BCUT2D eigenvalue weighted by molar-refractivity contribution is -0.197. The molecule has 0 radical (unpaired) electrons. The number of carbonyl (C=O) groups is 5. The van der Waals surface area contributed by atoms with E-state index in [0.29, 0.717) is 11.3 Å². The third-order valence-corrected chi connectivity index (χ3v) is 5.01. The molecule has 0 saturated carbocycles. The molecule has 2 rings (SSSR count). The Labute approximate surface area is 224 Å². The van der Waals surface area contributed by atoms with Gasteiger partial charge < -0.3 is 23.7 Å². The fourth-order valence-corrected chi connectivity index (χ4v) is 3.62. The standard InChI is InChI=1S/C26H31N3O10/c1-14-11-24(28-21-10-8-7-9-20(14)21)29-27-12-22(36-16(3)31)25(38-18(5)33)26(39-19(6)34)23(37-17(4)32)13-35-15(2)30/h7-12,22-23,25-26H,13H2,1-6H3,(H,28,29). The van der Waals surface area contributed by atoms with Gasteiger partial charge in [-0.05, 0) is 24.6 Å². The highest BCUT2D eigenvalue weighted by molar-refractivity contribution is 5.84. The van der Waals surface area contributed by atoms with E-state index in [-0.39, 0.29) is 0 Å². The predicted molar refractivity (Wildman–Crippen MR) is 137 cm³/mol. The van der Waals surface area contributed by atoms with Crippen LogP contribution in [0.25, 0.3) is 10.9 Å². The first kappa shape index (κ1) is 30.7. The second kappa shape index (κ2) is 14.4. The van der Waals surface area contributed by atoms with Crippen molar-refractivity contribution < 1.29 is 47.7 Å². The van der Waals surface area contributed by atoms with Gasteiger partial charge in [0, 0.05) is 40.0 Å². The number of para-hydroxylation sites is 1. The Morgan fingerprint density at radius 1 is 0.846 bits per heavy atom. The molecular weight excluding hydrogens is 514 g/mol. The number of rotatable bonds is 12. The highest BCUT2D eigenvalue weighted by Crippen LogP contribution is 2.21. The summed E-state index contributed by atoms with van der Waals surface area (Å²) in [6.07, 6.45) is -4.89. The van der Waals surface area contributed by atoms with E-state index in [1.54, 1.807) is 6.07 Å². The number of hydrogen-bond donors (Lipinski definition) is 1. The maximum Gasteiger partial charge on any atom is 0.303 e. The van der Waals surface area contributed by atoms with Crippen molar-refractivity contribution in [1.29, 1.82) is 0 Å². The highest BCUT2D eigenvalue weighted by atomic mass is 16.6. The van der Waals surface area contributed by atoms with Gasteiger partial charge in [-0.25, -0.2) is 4.98 Å². The fraction of sp³-hybridized carbons (Fsp3) is 0.423. The second-order valence-corrected chi connectivity index (χ2v) is 8.40. The predicted octanol–water partition coefficient (Wildman–Crippen LogP) is 2.23. The topological polar surface area (TPSA) is 169 Å². The zero-order chi connectivity index (χ0) is 29.1. The number of hydrogen-bond acceptors (Lipinski definition) is 13. The van der Waals surface area contributed by atoms with Gasteiger partial charge in [-0.3, -0.25) is 29.4 Å². The molecule has 0 aliphatic carbocycles. The van der Waals surface area contributed by atoms with E-state index in [4.69, 9.17) is 23.7 Å². The zero-order valence-electron chi connectivity index (χ0n) is 22.5. The number of ether oxygens (including phenoxy) is 5. The first-order valence-corrected chi connectivity index (χ1v) is 11.8. The quantitative estimate of drug-likeness (QED) is 0.179. The molecular formula is C26H31N3O10. The third kappa shape index (κ3) is 10.0. The molecule has 0 saturated heterocycles. The van der Waals surface area contributed by atoms with Gasteiger partial charge in [-0.1, -0.05) is 18.2 Å². The lowest BCUT2D eigenvalue weighted by Gasteiger charge is -2.34. The summed E-state index contributed by atoms with van der Waals surface area (Å²) >= 11 is 0. The van der Waals surface area contributed by atoms with Crippen molar-refractivity contribution in [2.45, 2.75) is 66.0 Å².